The normalized spacial score (nSPS) is 11.9. The third-order valence-electron chi connectivity index (χ3n) is 4.20. The van der Waals surface area contributed by atoms with Crippen LogP contribution < -0.4 is 0 Å². The second-order valence-electron chi connectivity index (χ2n) is 6.41. The van der Waals surface area contributed by atoms with Gasteiger partial charge in [0, 0.05) is 11.1 Å². The Morgan fingerprint density at radius 1 is 1.12 bits per heavy atom. The zero-order valence-corrected chi connectivity index (χ0v) is 16.2. The van der Waals surface area contributed by atoms with Crippen molar-refractivity contribution in [3.05, 3.63) is 59.7 Å². The summed E-state index contributed by atoms with van der Waals surface area (Å²) in [6, 6.07) is 9.78. The first kappa shape index (κ1) is 23.6. The number of unbranched alkanes of at least 4 members (excludes halogenated alkanes) is 1. The van der Waals surface area contributed by atoms with Crippen LogP contribution >= 0.6 is 0 Å². The Morgan fingerprint density at radius 3 is 2.19 bits per heavy atom. The summed E-state index contributed by atoms with van der Waals surface area (Å²) in [7, 11) is 0. The molecule has 1 aromatic rings. The molecule has 0 saturated heterocycles. The fraction of sp³-hybridized carbons (Fsp3) is 0.455. The second-order valence-corrected chi connectivity index (χ2v) is 6.41. The molecular formula is C22H32O4. The van der Waals surface area contributed by atoms with Gasteiger partial charge in [0.15, 0.2) is 0 Å². The van der Waals surface area contributed by atoms with Crippen LogP contribution in [0.15, 0.2) is 54.1 Å². The van der Waals surface area contributed by atoms with Crippen molar-refractivity contribution in [3.8, 4) is 0 Å². The lowest BCUT2D eigenvalue weighted by Gasteiger charge is -2.13. The summed E-state index contributed by atoms with van der Waals surface area (Å²) in [5, 5.41) is 17.2. The summed E-state index contributed by atoms with van der Waals surface area (Å²) < 4.78 is 0. The van der Waals surface area contributed by atoms with Gasteiger partial charge in [0.1, 0.15) is 0 Å². The first-order valence-electron chi connectivity index (χ1n) is 9.16. The molecule has 1 atom stereocenters. The molecule has 1 unspecified atom stereocenters. The smallest absolute Gasteiger partial charge is 0.330 e. The van der Waals surface area contributed by atoms with E-state index in [1.807, 2.05) is 30.3 Å². The van der Waals surface area contributed by atoms with E-state index in [4.69, 9.17) is 10.2 Å². The minimum Gasteiger partial charge on any atom is -0.478 e. The SMILES string of the molecule is C/C(=C\Cc1ccccc1)C(=O)O.C=C(CC(CC)CCCC)C(=O)O. The molecule has 1 aromatic carbocycles. The number of carboxylic acids is 2. The number of hydrogen-bond donors (Lipinski definition) is 2. The van der Waals surface area contributed by atoms with E-state index in [-0.39, 0.29) is 0 Å². The number of hydrogen-bond acceptors (Lipinski definition) is 2. The van der Waals surface area contributed by atoms with E-state index in [0.717, 1.165) is 18.4 Å². The topological polar surface area (TPSA) is 74.6 Å². The van der Waals surface area contributed by atoms with Gasteiger partial charge in [-0.2, -0.15) is 0 Å². The third kappa shape index (κ3) is 11.2. The second kappa shape index (κ2) is 13.9. The lowest BCUT2D eigenvalue weighted by molar-refractivity contribution is -0.133. The van der Waals surface area contributed by atoms with Gasteiger partial charge in [0.2, 0.25) is 0 Å². The molecule has 0 spiro atoms. The molecule has 0 heterocycles. The minimum absolute atomic E-state index is 0.350. The predicted molar refractivity (Wildman–Crippen MR) is 106 cm³/mol. The van der Waals surface area contributed by atoms with Crippen molar-refractivity contribution >= 4 is 11.9 Å². The zero-order chi connectivity index (χ0) is 19.9. The highest BCUT2D eigenvalue weighted by Gasteiger charge is 2.11. The molecule has 0 aliphatic carbocycles. The van der Waals surface area contributed by atoms with Gasteiger partial charge in [0.25, 0.3) is 0 Å². The first-order valence-corrected chi connectivity index (χ1v) is 9.16. The van der Waals surface area contributed by atoms with Crippen molar-refractivity contribution in [2.24, 2.45) is 5.92 Å². The molecule has 0 aliphatic heterocycles. The lowest BCUT2D eigenvalue weighted by Crippen LogP contribution is -2.06. The number of allylic oxidation sites excluding steroid dienone is 1. The van der Waals surface area contributed by atoms with Gasteiger partial charge < -0.3 is 10.2 Å². The van der Waals surface area contributed by atoms with Gasteiger partial charge in [-0.15, -0.1) is 0 Å². The summed E-state index contributed by atoms with van der Waals surface area (Å²) in [6.45, 7) is 9.41. The summed E-state index contributed by atoms with van der Waals surface area (Å²) >= 11 is 0. The van der Waals surface area contributed by atoms with Crippen LogP contribution in [0, 0.1) is 5.92 Å². The molecule has 26 heavy (non-hydrogen) atoms. The van der Waals surface area contributed by atoms with E-state index in [0.29, 0.717) is 29.9 Å². The Bertz CT molecular complexity index is 587. The highest BCUT2D eigenvalue weighted by Crippen LogP contribution is 2.20. The highest BCUT2D eigenvalue weighted by atomic mass is 16.4. The van der Waals surface area contributed by atoms with Gasteiger partial charge in [-0.1, -0.05) is 82.5 Å². The average Bonchev–Trinajstić information content (AvgIpc) is 2.64. The van der Waals surface area contributed by atoms with E-state index in [1.165, 1.54) is 12.8 Å². The summed E-state index contributed by atoms with van der Waals surface area (Å²) in [5.41, 5.74) is 1.87. The quantitative estimate of drug-likeness (QED) is 0.541. The summed E-state index contributed by atoms with van der Waals surface area (Å²) in [4.78, 5) is 21.0. The number of rotatable bonds is 10. The van der Waals surface area contributed by atoms with Crippen LogP contribution in [-0.4, -0.2) is 22.2 Å². The van der Waals surface area contributed by atoms with Crippen molar-refractivity contribution in [2.75, 3.05) is 0 Å². The van der Waals surface area contributed by atoms with Gasteiger partial charge in [-0.25, -0.2) is 9.59 Å². The molecule has 0 saturated carbocycles. The van der Waals surface area contributed by atoms with Crippen LogP contribution in [0.2, 0.25) is 0 Å². The summed E-state index contributed by atoms with van der Waals surface area (Å²) in [6.07, 6.45) is 7.58. The fourth-order valence-electron chi connectivity index (χ4n) is 2.35. The van der Waals surface area contributed by atoms with Gasteiger partial charge in [-0.05, 0) is 31.2 Å². The van der Waals surface area contributed by atoms with Crippen LogP contribution in [-0.2, 0) is 16.0 Å². The van der Waals surface area contributed by atoms with Gasteiger partial charge >= 0.3 is 11.9 Å². The molecular weight excluding hydrogens is 328 g/mol. The van der Waals surface area contributed by atoms with E-state index in [9.17, 15) is 9.59 Å². The molecule has 0 aromatic heterocycles. The Hall–Kier alpha value is -2.36. The van der Waals surface area contributed by atoms with Crippen molar-refractivity contribution in [1.82, 2.24) is 0 Å². The summed E-state index contributed by atoms with van der Waals surface area (Å²) in [5.74, 6) is -1.20. The maximum atomic E-state index is 10.5. The maximum absolute atomic E-state index is 10.5. The largest absolute Gasteiger partial charge is 0.478 e. The first-order chi connectivity index (χ1) is 12.3. The zero-order valence-electron chi connectivity index (χ0n) is 16.2. The van der Waals surface area contributed by atoms with Crippen LogP contribution in [0.5, 0.6) is 0 Å². The van der Waals surface area contributed by atoms with Crippen LogP contribution in [0.25, 0.3) is 0 Å². The molecule has 1 rings (SSSR count). The molecule has 0 aliphatic rings. The number of carboxylic acid groups (broad SMARTS) is 2. The van der Waals surface area contributed by atoms with E-state index in [2.05, 4.69) is 20.4 Å². The number of benzene rings is 1. The van der Waals surface area contributed by atoms with Crippen molar-refractivity contribution in [1.29, 1.82) is 0 Å². The molecule has 0 bridgehead atoms. The molecule has 0 radical (unpaired) electrons. The number of aliphatic carboxylic acids is 2. The fourth-order valence-corrected chi connectivity index (χ4v) is 2.35. The Balaban J connectivity index is 0.000000481. The molecule has 2 N–H and O–H groups in total. The Labute approximate surface area is 157 Å². The minimum atomic E-state index is -0.852. The van der Waals surface area contributed by atoms with Crippen molar-refractivity contribution in [2.45, 2.75) is 59.3 Å². The average molecular weight is 360 g/mol. The highest BCUT2D eigenvalue weighted by molar-refractivity contribution is 5.86. The number of carbonyl (C=O) groups is 2. The molecule has 0 fully saturated rings. The van der Waals surface area contributed by atoms with E-state index >= 15 is 0 Å². The predicted octanol–water partition coefficient (Wildman–Crippen LogP) is 5.49. The van der Waals surface area contributed by atoms with Gasteiger partial charge in [0.05, 0.1) is 0 Å². The van der Waals surface area contributed by atoms with Crippen LogP contribution in [0.4, 0.5) is 0 Å². The van der Waals surface area contributed by atoms with Crippen LogP contribution in [0.1, 0.15) is 58.4 Å². The molecule has 0 amide bonds. The molecule has 144 valence electrons. The van der Waals surface area contributed by atoms with Crippen molar-refractivity contribution in [3.63, 3.8) is 0 Å². The molecule has 4 heteroatoms. The van der Waals surface area contributed by atoms with Crippen LogP contribution in [0.3, 0.4) is 0 Å². The van der Waals surface area contributed by atoms with Gasteiger partial charge in [-0.3, -0.25) is 0 Å². The third-order valence-corrected chi connectivity index (χ3v) is 4.20. The monoisotopic (exact) mass is 360 g/mol. The standard InChI is InChI=1S/C11H12O2.C11H20O2/c1-9(11(12)13)7-8-10-5-3-2-4-6-10;1-4-6-7-10(5-2)8-9(3)11(12)13/h2-7H,8H2,1H3,(H,12,13);10H,3-8H2,1-2H3,(H,12,13)/b9-7+;. The van der Waals surface area contributed by atoms with Crippen molar-refractivity contribution < 1.29 is 19.8 Å². The Kier molecular flexibility index (Phi) is 12.6. The Morgan fingerprint density at radius 2 is 1.73 bits per heavy atom. The lowest BCUT2D eigenvalue weighted by atomic mass is 9.92. The maximum Gasteiger partial charge on any atom is 0.330 e. The van der Waals surface area contributed by atoms with E-state index < -0.39 is 11.9 Å². The molecule has 4 nitrogen and oxygen atoms in total. The van der Waals surface area contributed by atoms with E-state index in [1.54, 1.807) is 13.0 Å².